The van der Waals surface area contributed by atoms with Gasteiger partial charge in [-0.2, -0.15) is 0 Å². The molecule has 0 aromatic heterocycles. The molecular weight excluding hydrogens is 634 g/mol. The fourth-order valence-corrected chi connectivity index (χ4v) is 6.80. The highest BCUT2D eigenvalue weighted by atomic mass is 79.9. The Morgan fingerprint density at radius 1 is 0.872 bits per heavy atom. The molecule has 3 aliphatic rings. The molecule has 10 heteroatoms. The van der Waals surface area contributed by atoms with E-state index in [2.05, 4.69) is 57.9 Å². The number of aliphatic hydroxyl groups excluding tert-OH is 2. The van der Waals surface area contributed by atoms with Crippen LogP contribution >= 0.6 is 31.9 Å². The average molecular weight is 690 g/mol. The van der Waals surface area contributed by atoms with Crippen molar-refractivity contribution in [3.05, 3.63) is 0 Å². The van der Waals surface area contributed by atoms with Crippen LogP contribution in [0.15, 0.2) is 0 Å². The first-order valence-electron chi connectivity index (χ1n) is 15.0. The second-order valence-corrected chi connectivity index (χ2v) is 13.6. The van der Waals surface area contributed by atoms with Gasteiger partial charge in [0.05, 0.1) is 31.0 Å². The maximum Gasteiger partial charge on any atom is 0.185 e. The van der Waals surface area contributed by atoms with Gasteiger partial charge in [0.2, 0.25) is 0 Å². The fraction of sp³-hybridized carbons (Fsp3) is 1.00. The Hall–Kier alpha value is 0.640. The van der Waals surface area contributed by atoms with Crippen molar-refractivity contribution in [2.45, 2.75) is 141 Å². The number of unbranched alkanes of at least 4 members (excludes halogenated alkanes) is 3. The van der Waals surface area contributed by atoms with Crippen LogP contribution in [-0.2, 0) is 18.9 Å². The molecule has 1 saturated carbocycles. The monoisotopic (exact) mass is 687 g/mol. The molecular formula is C29H55Br2NO7. The van der Waals surface area contributed by atoms with E-state index in [0.717, 1.165) is 36.3 Å². The summed E-state index contributed by atoms with van der Waals surface area (Å²) in [6, 6.07) is -0.601. The molecule has 39 heavy (non-hydrogen) atoms. The third kappa shape index (κ3) is 10.4. The van der Waals surface area contributed by atoms with Gasteiger partial charge in [-0.3, -0.25) is 0 Å². The Kier molecular flexibility index (Phi) is 16.2. The minimum absolute atomic E-state index is 0.0274. The van der Waals surface area contributed by atoms with Gasteiger partial charge in [-0.05, 0) is 64.3 Å². The summed E-state index contributed by atoms with van der Waals surface area (Å²) in [4.78, 5) is 0. The number of halogens is 2. The first-order valence-corrected chi connectivity index (χ1v) is 17.2. The van der Waals surface area contributed by atoms with E-state index in [4.69, 9.17) is 18.9 Å². The SMILES string of the molecule is BrCCCCCCBr.CC[C@@H]1CC[C@@H](C)C(OC2[C@H](O)C(OC3OC[C@](C)(O)[C@H](NC)[C@H]3O)[C@H](C)C[C@@H]2C)O1. The van der Waals surface area contributed by atoms with E-state index in [0.29, 0.717) is 0 Å². The summed E-state index contributed by atoms with van der Waals surface area (Å²) in [7, 11) is 1.68. The van der Waals surface area contributed by atoms with Gasteiger partial charge < -0.3 is 39.6 Å². The number of hydrogen-bond donors (Lipinski definition) is 4. The molecule has 12 atom stereocenters. The number of alkyl halides is 2. The van der Waals surface area contributed by atoms with E-state index in [1.165, 1.54) is 25.7 Å². The van der Waals surface area contributed by atoms with E-state index in [1.807, 2.05) is 6.92 Å². The number of rotatable bonds is 11. The Balaban J connectivity index is 0.000000580. The third-order valence-electron chi connectivity index (χ3n) is 8.47. The lowest BCUT2D eigenvalue weighted by Crippen LogP contribution is -2.66. The topological polar surface area (TPSA) is 110 Å². The predicted octanol–water partition coefficient (Wildman–Crippen LogP) is 4.74. The number of likely N-dealkylation sites (N-methyl/N-ethyl adjacent to an activating group) is 1. The minimum Gasteiger partial charge on any atom is -0.388 e. The van der Waals surface area contributed by atoms with Crippen molar-refractivity contribution < 1.29 is 34.3 Å². The molecule has 1 aliphatic carbocycles. The fourth-order valence-electron chi connectivity index (χ4n) is 6.01. The van der Waals surface area contributed by atoms with Crippen LogP contribution in [0, 0.1) is 17.8 Å². The molecule has 0 amide bonds. The predicted molar refractivity (Wildman–Crippen MR) is 161 cm³/mol. The number of nitrogens with one attached hydrogen (secondary N) is 1. The van der Waals surface area contributed by atoms with Gasteiger partial charge in [0.25, 0.3) is 0 Å². The summed E-state index contributed by atoms with van der Waals surface area (Å²) in [5.41, 5.74) is -1.21. The summed E-state index contributed by atoms with van der Waals surface area (Å²) >= 11 is 6.78. The molecule has 0 spiro atoms. The first kappa shape index (κ1) is 35.8. The van der Waals surface area contributed by atoms with Crippen molar-refractivity contribution in [1.82, 2.24) is 5.32 Å². The van der Waals surface area contributed by atoms with Crippen LogP contribution in [-0.4, -0.2) is 94.4 Å². The maximum absolute atomic E-state index is 11.2. The van der Waals surface area contributed by atoms with Gasteiger partial charge >= 0.3 is 0 Å². The number of ether oxygens (including phenoxy) is 4. The first-order chi connectivity index (χ1) is 18.5. The van der Waals surface area contributed by atoms with E-state index in [-0.39, 0.29) is 36.8 Å². The van der Waals surface area contributed by atoms with Crippen molar-refractivity contribution in [3.63, 3.8) is 0 Å². The summed E-state index contributed by atoms with van der Waals surface area (Å²) in [5, 5.41) is 37.7. The normalized spacial score (nSPS) is 43.0. The summed E-state index contributed by atoms with van der Waals surface area (Å²) in [6.45, 7) is 10.0. The van der Waals surface area contributed by atoms with Crippen molar-refractivity contribution in [2.24, 2.45) is 17.8 Å². The molecule has 0 radical (unpaired) electrons. The van der Waals surface area contributed by atoms with Crippen molar-refractivity contribution in [3.8, 4) is 0 Å². The Bertz CT molecular complexity index is 670. The van der Waals surface area contributed by atoms with Crippen LogP contribution in [0.5, 0.6) is 0 Å². The Morgan fingerprint density at radius 3 is 1.95 bits per heavy atom. The lowest BCUT2D eigenvalue weighted by atomic mass is 9.77. The molecule has 2 heterocycles. The number of hydrogen-bond acceptors (Lipinski definition) is 8. The van der Waals surface area contributed by atoms with Crippen molar-refractivity contribution in [1.29, 1.82) is 0 Å². The van der Waals surface area contributed by atoms with Crippen LogP contribution in [0.3, 0.4) is 0 Å². The van der Waals surface area contributed by atoms with E-state index < -0.39 is 42.3 Å². The molecule has 4 unspecified atom stereocenters. The van der Waals surface area contributed by atoms with Gasteiger partial charge in [0, 0.05) is 16.6 Å². The largest absolute Gasteiger partial charge is 0.388 e. The van der Waals surface area contributed by atoms with Gasteiger partial charge in [-0.1, -0.05) is 72.4 Å². The van der Waals surface area contributed by atoms with Gasteiger partial charge in [0.1, 0.15) is 17.8 Å². The maximum atomic E-state index is 11.2. The van der Waals surface area contributed by atoms with Crippen LogP contribution < -0.4 is 5.32 Å². The van der Waals surface area contributed by atoms with E-state index in [1.54, 1.807) is 14.0 Å². The lowest BCUT2D eigenvalue weighted by Gasteiger charge is -2.48. The second kappa shape index (κ2) is 17.7. The summed E-state index contributed by atoms with van der Waals surface area (Å²) in [5.74, 6) is 0.470. The molecule has 0 aromatic rings. The second-order valence-electron chi connectivity index (χ2n) is 12.1. The van der Waals surface area contributed by atoms with E-state index in [9.17, 15) is 15.3 Å². The smallest absolute Gasteiger partial charge is 0.185 e. The molecule has 3 fully saturated rings. The molecule has 4 N–H and O–H groups in total. The molecule has 2 aliphatic heterocycles. The van der Waals surface area contributed by atoms with Gasteiger partial charge in [-0.15, -0.1) is 0 Å². The summed E-state index contributed by atoms with van der Waals surface area (Å²) in [6.07, 6.45) is 5.25. The van der Waals surface area contributed by atoms with Crippen LogP contribution in [0.25, 0.3) is 0 Å². The molecule has 0 aromatic carbocycles. The highest BCUT2D eigenvalue weighted by molar-refractivity contribution is 9.09. The number of aliphatic hydroxyl groups is 3. The standard InChI is InChI=1S/C23H43NO7.C6H12Br2/c1-7-15-9-8-12(2)21(29-15)30-18-13(3)10-14(4)19(16(18)25)31-22-17(26)20(24-6)23(5,27)11-28-22;7-5-3-1-2-4-6-8/h12-22,24-27H,7-11H2,1-6H3;1-6H2/t12-,13+,14-,15-,16+,17-,18?,19?,20-,21?,22?,23+;/m1./s1. The highest BCUT2D eigenvalue weighted by Gasteiger charge is 2.50. The van der Waals surface area contributed by atoms with Crippen LogP contribution in [0.1, 0.15) is 86.0 Å². The Morgan fingerprint density at radius 2 is 1.44 bits per heavy atom. The van der Waals surface area contributed by atoms with Gasteiger partial charge in [0.15, 0.2) is 12.6 Å². The third-order valence-corrected chi connectivity index (χ3v) is 9.59. The molecule has 2 saturated heterocycles. The Labute approximate surface area is 253 Å². The molecule has 8 nitrogen and oxygen atoms in total. The average Bonchev–Trinajstić information content (AvgIpc) is 2.89. The zero-order valence-corrected chi connectivity index (χ0v) is 28.0. The molecule has 3 rings (SSSR count). The van der Waals surface area contributed by atoms with Crippen LogP contribution in [0.2, 0.25) is 0 Å². The lowest BCUT2D eigenvalue weighted by molar-refractivity contribution is -0.316. The van der Waals surface area contributed by atoms with Crippen LogP contribution in [0.4, 0.5) is 0 Å². The van der Waals surface area contributed by atoms with E-state index >= 15 is 0 Å². The quantitative estimate of drug-likeness (QED) is 0.182. The molecule has 0 bridgehead atoms. The zero-order chi connectivity index (χ0) is 29.2. The molecule has 232 valence electrons. The van der Waals surface area contributed by atoms with Crippen molar-refractivity contribution >= 4 is 31.9 Å². The van der Waals surface area contributed by atoms with Crippen molar-refractivity contribution in [2.75, 3.05) is 24.3 Å². The zero-order valence-electron chi connectivity index (χ0n) is 24.9. The summed E-state index contributed by atoms with van der Waals surface area (Å²) < 4.78 is 24.3. The van der Waals surface area contributed by atoms with Gasteiger partial charge in [-0.25, -0.2) is 0 Å². The highest BCUT2D eigenvalue weighted by Crippen LogP contribution is 2.38. The minimum atomic E-state index is -1.21.